The number of aryl methyl sites for hydroxylation is 2. The summed E-state index contributed by atoms with van der Waals surface area (Å²) in [6.07, 6.45) is 0.337. The van der Waals surface area contributed by atoms with Gasteiger partial charge in [-0.15, -0.1) is 0 Å². The maximum Gasteiger partial charge on any atom is 0.264 e. The molecule has 202 valence electrons. The molecule has 0 unspecified atom stereocenters. The van der Waals surface area contributed by atoms with Crippen LogP contribution < -0.4 is 9.62 Å². The fourth-order valence-electron chi connectivity index (χ4n) is 4.12. The molecule has 0 saturated heterocycles. The summed E-state index contributed by atoms with van der Waals surface area (Å²) in [4.78, 5) is 28.1. The van der Waals surface area contributed by atoms with Gasteiger partial charge in [-0.05, 0) is 73.9 Å². The number of rotatable bonds is 10. The highest BCUT2D eigenvalue weighted by Crippen LogP contribution is 2.29. The summed E-state index contributed by atoms with van der Waals surface area (Å²) >= 11 is 12.2. The molecule has 10 heteroatoms. The first-order chi connectivity index (χ1) is 18.0. The van der Waals surface area contributed by atoms with Crippen LogP contribution in [0.15, 0.2) is 71.6 Å². The second kappa shape index (κ2) is 12.7. The van der Waals surface area contributed by atoms with E-state index >= 15 is 0 Å². The molecule has 0 heterocycles. The van der Waals surface area contributed by atoms with Crippen LogP contribution in [0.1, 0.15) is 30.0 Å². The van der Waals surface area contributed by atoms with E-state index in [0.29, 0.717) is 27.7 Å². The minimum absolute atomic E-state index is 0.0489. The Hall–Kier alpha value is -3.07. The van der Waals surface area contributed by atoms with Gasteiger partial charge in [0.25, 0.3) is 10.0 Å². The Morgan fingerprint density at radius 2 is 1.53 bits per heavy atom. The van der Waals surface area contributed by atoms with Crippen molar-refractivity contribution in [2.24, 2.45) is 0 Å². The summed E-state index contributed by atoms with van der Waals surface area (Å²) in [5.41, 5.74) is 2.56. The molecule has 7 nitrogen and oxygen atoms in total. The number of halogens is 2. The number of sulfonamides is 1. The number of carbonyl (C=O) groups excluding carboxylic acids is 2. The molecule has 0 fully saturated rings. The van der Waals surface area contributed by atoms with Crippen molar-refractivity contribution in [2.45, 2.75) is 44.7 Å². The van der Waals surface area contributed by atoms with Gasteiger partial charge < -0.3 is 10.2 Å². The van der Waals surface area contributed by atoms with E-state index in [1.54, 1.807) is 68.4 Å². The Kier molecular flexibility index (Phi) is 9.82. The molecule has 2 amide bonds. The Morgan fingerprint density at radius 1 is 0.921 bits per heavy atom. The molecule has 38 heavy (non-hydrogen) atoms. The zero-order chi connectivity index (χ0) is 28.0. The van der Waals surface area contributed by atoms with E-state index in [0.717, 1.165) is 15.4 Å². The molecular formula is C28H31Cl2N3O4S. The number of likely N-dealkylation sites (N-methyl/N-ethyl adjacent to an activating group) is 1. The molecule has 3 aromatic rings. The van der Waals surface area contributed by atoms with Crippen LogP contribution in [-0.4, -0.2) is 44.8 Å². The highest BCUT2D eigenvalue weighted by atomic mass is 35.5. The third-order valence-electron chi connectivity index (χ3n) is 6.21. The van der Waals surface area contributed by atoms with Gasteiger partial charge in [0.15, 0.2) is 0 Å². The fourth-order valence-corrected chi connectivity index (χ4v) is 5.95. The number of nitrogens with one attached hydrogen (secondary N) is 1. The van der Waals surface area contributed by atoms with Crippen molar-refractivity contribution >= 4 is 50.7 Å². The fraction of sp³-hybridized carbons (Fsp3) is 0.286. The number of hydrogen-bond acceptors (Lipinski definition) is 4. The summed E-state index contributed by atoms with van der Waals surface area (Å²) in [6, 6.07) is 17.4. The number of carbonyl (C=O) groups is 2. The van der Waals surface area contributed by atoms with E-state index in [2.05, 4.69) is 5.32 Å². The zero-order valence-electron chi connectivity index (χ0n) is 21.7. The number of anilines is 1. The lowest BCUT2D eigenvalue weighted by Gasteiger charge is -2.33. The lowest BCUT2D eigenvalue weighted by Crippen LogP contribution is -2.51. The van der Waals surface area contributed by atoms with Crippen molar-refractivity contribution in [1.29, 1.82) is 0 Å². The molecule has 3 rings (SSSR count). The van der Waals surface area contributed by atoms with Gasteiger partial charge in [-0.1, -0.05) is 60.0 Å². The molecule has 0 aliphatic rings. The average molecular weight is 577 g/mol. The van der Waals surface area contributed by atoms with Crippen molar-refractivity contribution in [3.05, 3.63) is 93.5 Å². The minimum atomic E-state index is -4.15. The maximum absolute atomic E-state index is 13.9. The van der Waals surface area contributed by atoms with Crippen molar-refractivity contribution in [1.82, 2.24) is 10.2 Å². The van der Waals surface area contributed by atoms with Gasteiger partial charge in [-0.2, -0.15) is 0 Å². The van der Waals surface area contributed by atoms with Crippen LogP contribution in [0.25, 0.3) is 0 Å². The summed E-state index contributed by atoms with van der Waals surface area (Å²) in [7, 11) is -2.65. The second-order valence-corrected chi connectivity index (χ2v) is 11.7. The van der Waals surface area contributed by atoms with Crippen molar-refractivity contribution < 1.29 is 18.0 Å². The topological polar surface area (TPSA) is 86.8 Å². The Balaban J connectivity index is 2.09. The van der Waals surface area contributed by atoms with Crippen LogP contribution in [0.5, 0.6) is 0 Å². The largest absolute Gasteiger partial charge is 0.357 e. The summed E-state index contributed by atoms with van der Waals surface area (Å²) in [6.45, 7) is 4.97. The number of hydrogen-bond donors (Lipinski definition) is 1. The monoisotopic (exact) mass is 575 g/mol. The molecule has 1 N–H and O–H groups in total. The van der Waals surface area contributed by atoms with E-state index in [9.17, 15) is 18.0 Å². The lowest BCUT2D eigenvalue weighted by atomic mass is 10.1. The number of nitrogens with zero attached hydrogens (tertiary/aromatic N) is 2. The van der Waals surface area contributed by atoms with E-state index in [-0.39, 0.29) is 17.3 Å². The normalized spacial score (nSPS) is 12.1. The Bertz CT molecular complexity index is 1390. The molecule has 3 aromatic carbocycles. The molecule has 0 radical (unpaired) electrons. The molecule has 1 atom stereocenters. The highest BCUT2D eigenvalue weighted by molar-refractivity contribution is 7.92. The predicted octanol–water partition coefficient (Wildman–Crippen LogP) is 5.36. The average Bonchev–Trinajstić information content (AvgIpc) is 2.88. The number of benzene rings is 3. The van der Waals surface area contributed by atoms with Crippen LogP contribution in [0.4, 0.5) is 5.69 Å². The van der Waals surface area contributed by atoms with E-state index in [4.69, 9.17) is 23.2 Å². The van der Waals surface area contributed by atoms with Crippen molar-refractivity contribution in [3.8, 4) is 0 Å². The first kappa shape index (κ1) is 29.5. The SMILES string of the molecule is CC[C@H](C(=O)NC)N(Cc1ccc(Cl)cc1)C(=O)CN(c1ccc(Cl)cc1C)S(=O)(=O)c1ccc(C)cc1. The van der Waals surface area contributed by atoms with Crippen LogP contribution in [0.3, 0.4) is 0 Å². The first-order valence-corrected chi connectivity index (χ1v) is 14.3. The van der Waals surface area contributed by atoms with Crippen molar-refractivity contribution in [2.75, 3.05) is 17.9 Å². The van der Waals surface area contributed by atoms with Crippen LogP contribution in [-0.2, 0) is 26.2 Å². The summed E-state index contributed by atoms with van der Waals surface area (Å²) in [5.74, 6) is -0.870. The van der Waals surface area contributed by atoms with Gasteiger partial charge in [0.05, 0.1) is 10.6 Å². The number of amides is 2. The first-order valence-electron chi connectivity index (χ1n) is 12.1. The molecule has 0 spiro atoms. The molecule has 0 bridgehead atoms. The standard InChI is InChI=1S/C28H31Cl2N3O4S/c1-5-25(28(35)31-4)32(17-21-8-10-22(29)11-9-21)27(34)18-33(26-15-12-23(30)16-20(26)3)38(36,37)24-13-6-19(2)7-14-24/h6-16,25H,5,17-18H2,1-4H3,(H,31,35)/t25-/m1/s1. The van der Waals surface area contributed by atoms with Gasteiger partial charge in [0, 0.05) is 23.6 Å². The van der Waals surface area contributed by atoms with Gasteiger partial charge >= 0.3 is 0 Å². The van der Waals surface area contributed by atoms with Crippen molar-refractivity contribution in [3.63, 3.8) is 0 Å². The zero-order valence-corrected chi connectivity index (χ0v) is 24.1. The third-order valence-corrected chi connectivity index (χ3v) is 8.47. The molecule has 0 aliphatic carbocycles. The molecule has 0 aliphatic heterocycles. The maximum atomic E-state index is 13.9. The molecular weight excluding hydrogens is 545 g/mol. The van der Waals surface area contributed by atoms with E-state index in [1.807, 2.05) is 6.92 Å². The van der Waals surface area contributed by atoms with Crippen LogP contribution >= 0.6 is 23.2 Å². The lowest BCUT2D eigenvalue weighted by molar-refractivity contribution is -0.140. The molecule has 0 aromatic heterocycles. The summed E-state index contributed by atoms with van der Waals surface area (Å²) < 4.78 is 28.9. The third kappa shape index (κ3) is 6.87. The van der Waals surface area contributed by atoms with Crippen LogP contribution in [0, 0.1) is 13.8 Å². The van der Waals surface area contributed by atoms with Gasteiger partial charge in [-0.3, -0.25) is 13.9 Å². The Labute approximate surface area is 234 Å². The van der Waals surface area contributed by atoms with E-state index in [1.165, 1.54) is 24.1 Å². The second-order valence-electron chi connectivity index (χ2n) is 8.94. The van der Waals surface area contributed by atoms with E-state index < -0.39 is 28.5 Å². The predicted molar refractivity (Wildman–Crippen MR) is 152 cm³/mol. The van der Waals surface area contributed by atoms with Gasteiger partial charge in [-0.25, -0.2) is 8.42 Å². The summed E-state index contributed by atoms with van der Waals surface area (Å²) in [5, 5.41) is 3.59. The van der Waals surface area contributed by atoms with Crippen LogP contribution in [0.2, 0.25) is 10.0 Å². The smallest absolute Gasteiger partial charge is 0.264 e. The Morgan fingerprint density at radius 3 is 2.08 bits per heavy atom. The molecule has 0 saturated carbocycles. The minimum Gasteiger partial charge on any atom is -0.357 e. The van der Waals surface area contributed by atoms with Gasteiger partial charge in [0.1, 0.15) is 12.6 Å². The quantitative estimate of drug-likeness (QED) is 0.352. The highest BCUT2D eigenvalue weighted by Gasteiger charge is 2.34. The van der Waals surface area contributed by atoms with Gasteiger partial charge in [0.2, 0.25) is 11.8 Å².